The van der Waals surface area contributed by atoms with Gasteiger partial charge in [-0.2, -0.15) is 0 Å². The molecule has 1 atom stereocenters. The third kappa shape index (κ3) is 3.93. The Morgan fingerprint density at radius 2 is 2.32 bits per heavy atom. The van der Waals surface area contributed by atoms with Gasteiger partial charge < -0.3 is 25.7 Å². The summed E-state index contributed by atoms with van der Waals surface area (Å²) in [5.74, 6) is -0.625. The van der Waals surface area contributed by atoms with Crippen molar-refractivity contribution < 1.29 is 13.9 Å². The number of piperidine rings is 1. The Morgan fingerprint density at radius 3 is 3.11 bits per heavy atom. The van der Waals surface area contributed by atoms with Gasteiger partial charge in [0.05, 0.1) is 36.5 Å². The molecule has 1 fully saturated rings. The Labute approximate surface area is 162 Å². The number of benzene rings is 1. The van der Waals surface area contributed by atoms with Crippen LogP contribution < -0.4 is 16.0 Å². The number of nitrogens with one attached hydrogen (secondary N) is 2. The van der Waals surface area contributed by atoms with E-state index in [2.05, 4.69) is 21.4 Å². The molecule has 0 bridgehead atoms. The summed E-state index contributed by atoms with van der Waals surface area (Å²) in [6.45, 7) is 2.46. The molecule has 1 amide bonds. The van der Waals surface area contributed by atoms with Crippen molar-refractivity contribution in [3.8, 4) is 0 Å². The van der Waals surface area contributed by atoms with Crippen molar-refractivity contribution in [3.63, 3.8) is 0 Å². The zero-order chi connectivity index (χ0) is 19.5. The van der Waals surface area contributed by atoms with Crippen molar-refractivity contribution in [2.45, 2.75) is 25.3 Å². The minimum Gasteiger partial charge on any atom is -0.376 e. The predicted octanol–water partition coefficient (Wildman–Crippen LogP) is 2.53. The first kappa shape index (κ1) is 18.6. The molecule has 1 unspecified atom stereocenters. The molecule has 7 nitrogen and oxygen atoms in total. The number of rotatable bonds is 4. The molecule has 3 heterocycles. The number of halogens is 1. The Morgan fingerprint density at radius 1 is 1.43 bits per heavy atom. The summed E-state index contributed by atoms with van der Waals surface area (Å²) in [4.78, 5) is 21.8. The van der Waals surface area contributed by atoms with E-state index in [1.54, 1.807) is 18.3 Å². The number of ether oxygens (including phenoxy) is 1. The fourth-order valence-electron chi connectivity index (χ4n) is 3.68. The monoisotopic (exact) mass is 385 g/mol. The van der Waals surface area contributed by atoms with Crippen LogP contribution in [-0.4, -0.2) is 48.2 Å². The number of aromatic amines is 1. The fraction of sp³-hybridized carbons (Fsp3) is 0.400. The number of H-pyrrole nitrogens is 1. The van der Waals surface area contributed by atoms with Crippen LogP contribution in [0.5, 0.6) is 0 Å². The third-order valence-corrected chi connectivity index (χ3v) is 5.06. The van der Waals surface area contributed by atoms with E-state index in [9.17, 15) is 9.18 Å². The lowest BCUT2D eigenvalue weighted by molar-refractivity contribution is 0.101. The lowest BCUT2D eigenvalue weighted by Gasteiger charge is -2.34. The quantitative estimate of drug-likeness (QED) is 0.752. The Balaban J connectivity index is 1.54. The third-order valence-electron chi connectivity index (χ3n) is 5.06. The fourth-order valence-corrected chi connectivity index (χ4v) is 3.68. The van der Waals surface area contributed by atoms with Gasteiger partial charge in [-0.1, -0.05) is 12.1 Å². The number of anilines is 2. The van der Waals surface area contributed by atoms with Crippen LogP contribution in [0.15, 0.2) is 30.5 Å². The lowest BCUT2D eigenvalue weighted by Crippen LogP contribution is -2.43. The predicted molar refractivity (Wildman–Crippen MR) is 106 cm³/mol. The molecule has 0 spiro atoms. The molecule has 2 aliphatic rings. The molecule has 1 aromatic heterocycles. The lowest BCUT2D eigenvalue weighted by atomic mass is 10.1. The molecule has 8 heteroatoms. The first-order chi connectivity index (χ1) is 13.6. The number of nitrogens with zero attached hydrogens (tertiary/aromatic N) is 2. The molecule has 2 aliphatic heterocycles. The second-order valence-electron chi connectivity index (χ2n) is 7.15. The van der Waals surface area contributed by atoms with Crippen LogP contribution in [-0.2, 0) is 4.74 Å². The van der Waals surface area contributed by atoms with Crippen molar-refractivity contribution in [1.82, 2.24) is 9.97 Å². The van der Waals surface area contributed by atoms with Gasteiger partial charge in [-0.15, -0.1) is 0 Å². The summed E-state index contributed by atoms with van der Waals surface area (Å²) in [6.07, 6.45) is 6.33. The number of aromatic nitrogens is 2. The van der Waals surface area contributed by atoms with Crippen LogP contribution in [0.4, 0.5) is 15.8 Å². The van der Waals surface area contributed by atoms with E-state index < -0.39 is 5.91 Å². The van der Waals surface area contributed by atoms with Crippen molar-refractivity contribution in [2.75, 3.05) is 36.5 Å². The van der Waals surface area contributed by atoms with Gasteiger partial charge in [0, 0.05) is 19.1 Å². The standard InChI is InChI=1S/C20H24FN5O2/c21-15-6-1-7-16(18(15)26-8-2-5-14(22)11-26)25-20(27)19-23-10-17(24-19)13-4-3-9-28-12-13/h1,4,6-7,10,14H,2-3,5,8-9,11-12,22H2,(H,23,24)(H,25,27). The molecular formula is C20H24FN5O2. The first-order valence-electron chi connectivity index (χ1n) is 9.54. The van der Waals surface area contributed by atoms with Crippen molar-refractivity contribution >= 4 is 22.9 Å². The molecule has 0 aliphatic carbocycles. The minimum absolute atomic E-state index is 0.00414. The normalized spacial score (nSPS) is 20.0. The maximum absolute atomic E-state index is 14.6. The van der Waals surface area contributed by atoms with Gasteiger partial charge in [0.15, 0.2) is 5.82 Å². The average Bonchev–Trinajstić information content (AvgIpc) is 3.19. The summed E-state index contributed by atoms with van der Waals surface area (Å²) < 4.78 is 20.0. The largest absolute Gasteiger partial charge is 0.376 e. The highest BCUT2D eigenvalue weighted by Gasteiger charge is 2.24. The number of carbonyl (C=O) groups is 1. The number of para-hydroxylation sites is 1. The minimum atomic E-state index is -0.420. The molecule has 4 N–H and O–H groups in total. The maximum Gasteiger partial charge on any atom is 0.291 e. The van der Waals surface area contributed by atoms with Gasteiger partial charge in [-0.05, 0) is 37.0 Å². The number of hydrogen-bond acceptors (Lipinski definition) is 5. The van der Waals surface area contributed by atoms with Crippen LogP contribution in [0.2, 0.25) is 0 Å². The highest BCUT2D eigenvalue weighted by Crippen LogP contribution is 2.31. The van der Waals surface area contributed by atoms with Gasteiger partial charge >= 0.3 is 0 Å². The SMILES string of the molecule is NC1CCCN(c2c(F)cccc2NC(=O)c2ncc(C3=CCCOC3)[nH]2)C1. The summed E-state index contributed by atoms with van der Waals surface area (Å²) in [5.41, 5.74) is 8.57. The van der Waals surface area contributed by atoms with Crippen molar-refractivity contribution in [1.29, 1.82) is 0 Å². The van der Waals surface area contributed by atoms with E-state index in [-0.39, 0.29) is 17.7 Å². The zero-order valence-electron chi connectivity index (χ0n) is 15.6. The highest BCUT2D eigenvalue weighted by atomic mass is 19.1. The zero-order valence-corrected chi connectivity index (χ0v) is 15.6. The van der Waals surface area contributed by atoms with Crippen molar-refractivity contribution in [3.05, 3.63) is 47.8 Å². The molecule has 0 radical (unpaired) electrons. The average molecular weight is 385 g/mol. The van der Waals surface area contributed by atoms with Gasteiger partial charge in [0.25, 0.3) is 5.91 Å². The molecule has 1 aromatic carbocycles. The van der Waals surface area contributed by atoms with Gasteiger partial charge in [-0.3, -0.25) is 4.79 Å². The van der Waals surface area contributed by atoms with Gasteiger partial charge in [0.2, 0.25) is 0 Å². The van der Waals surface area contributed by atoms with E-state index in [1.165, 1.54) is 6.07 Å². The second kappa shape index (κ2) is 8.12. The van der Waals surface area contributed by atoms with E-state index in [0.717, 1.165) is 30.5 Å². The van der Waals surface area contributed by atoms with E-state index >= 15 is 0 Å². The highest BCUT2D eigenvalue weighted by molar-refractivity contribution is 6.03. The number of amides is 1. The molecule has 4 rings (SSSR count). The summed E-state index contributed by atoms with van der Waals surface area (Å²) in [7, 11) is 0. The first-order valence-corrected chi connectivity index (χ1v) is 9.54. The number of hydrogen-bond donors (Lipinski definition) is 3. The van der Waals surface area contributed by atoms with Crippen LogP contribution in [0.25, 0.3) is 5.57 Å². The summed E-state index contributed by atoms with van der Waals surface area (Å²) in [6, 6.07) is 4.66. The van der Waals surface area contributed by atoms with E-state index in [1.807, 2.05) is 4.90 Å². The second-order valence-corrected chi connectivity index (χ2v) is 7.15. The molecule has 28 heavy (non-hydrogen) atoms. The number of imidazole rings is 1. The Bertz CT molecular complexity index is 894. The Kier molecular flexibility index (Phi) is 5.40. The number of nitrogens with two attached hydrogens (primary N) is 1. The van der Waals surface area contributed by atoms with Crippen molar-refractivity contribution in [2.24, 2.45) is 5.73 Å². The van der Waals surface area contributed by atoms with Gasteiger partial charge in [0.1, 0.15) is 5.82 Å². The van der Waals surface area contributed by atoms with E-state index in [0.29, 0.717) is 37.7 Å². The molecule has 1 saturated heterocycles. The number of carbonyl (C=O) groups excluding carboxylic acids is 1. The summed E-state index contributed by atoms with van der Waals surface area (Å²) >= 11 is 0. The molecule has 0 saturated carbocycles. The summed E-state index contributed by atoms with van der Waals surface area (Å²) in [5, 5.41) is 2.79. The van der Waals surface area contributed by atoms with Gasteiger partial charge in [-0.25, -0.2) is 9.37 Å². The van der Waals surface area contributed by atoms with Crippen LogP contribution in [0.3, 0.4) is 0 Å². The van der Waals surface area contributed by atoms with Crippen LogP contribution >= 0.6 is 0 Å². The topological polar surface area (TPSA) is 96.3 Å². The van der Waals surface area contributed by atoms with E-state index in [4.69, 9.17) is 10.5 Å². The van der Waals surface area contributed by atoms with Crippen LogP contribution in [0, 0.1) is 5.82 Å². The molecule has 2 aromatic rings. The smallest absolute Gasteiger partial charge is 0.291 e. The Hall–Kier alpha value is -2.71. The maximum atomic E-state index is 14.6. The molecule has 148 valence electrons. The molecular weight excluding hydrogens is 361 g/mol. The van der Waals surface area contributed by atoms with Crippen LogP contribution in [0.1, 0.15) is 35.6 Å².